The Balaban J connectivity index is 2.90. The normalized spacial score (nSPS) is 11.1. The van der Waals surface area contributed by atoms with Gasteiger partial charge in [0.1, 0.15) is 0 Å². The second-order valence-electron chi connectivity index (χ2n) is 6.42. The molecule has 0 N–H and O–H groups in total. The Hall–Kier alpha value is -0.0400. The van der Waals surface area contributed by atoms with Crippen LogP contribution in [-0.2, 0) is 4.74 Å². The molecule has 0 fully saturated rings. The fourth-order valence-corrected chi connectivity index (χ4v) is 2.67. The summed E-state index contributed by atoms with van der Waals surface area (Å²) in [5, 5.41) is 0. The molecule has 127 valence electrons. The van der Waals surface area contributed by atoms with Crippen molar-refractivity contribution in [2.45, 2.75) is 117 Å². The molecule has 0 aromatic carbocycles. The predicted octanol–water partition coefficient (Wildman–Crippen LogP) is 7.45. The van der Waals surface area contributed by atoms with Gasteiger partial charge in [0.25, 0.3) is 0 Å². The summed E-state index contributed by atoms with van der Waals surface area (Å²) in [4.78, 5) is 0. The molecule has 0 rings (SSSR count). The van der Waals surface area contributed by atoms with E-state index in [0.29, 0.717) is 0 Å². The molecule has 0 atom stereocenters. The summed E-state index contributed by atoms with van der Waals surface area (Å²) in [6, 6.07) is 0. The van der Waals surface area contributed by atoms with Gasteiger partial charge in [0.2, 0.25) is 0 Å². The molecule has 0 saturated carbocycles. The van der Waals surface area contributed by atoms with Gasteiger partial charge in [-0.15, -0.1) is 0 Å². The number of hydrogen-bond donors (Lipinski definition) is 0. The van der Waals surface area contributed by atoms with E-state index in [1.807, 2.05) is 6.61 Å². The van der Waals surface area contributed by atoms with E-state index >= 15 is 0 Å². The van der Waals surface area contributed by atoms with Crippen molar-refractivity contribution in [1.82, 2.24) is 0 Å². The molecule has 0 saturated heterocycles. The Bertz CT molecular complexity index is 149. The first-order valence-electron chi connectivity index (χ1n) is 9.85. The predicted molar refractivity (Wildman–Crippen MR) is 95.5 cm³/mol. The summed E-state index contributed by atoms with van der Waals surface area (Å²) in [7, 11) is 0. The van der Waals surface area contributed by atoms with Gasteiger partial charge in [0.05, 0.1) is 6.61 Å². The lowest BCUT2D eigenvalue weighted by atomic mass is 10.1. The van der Waals surface area contributed by atoms with Crippen molar-refractivity contribution >= 4 is 0 Å². The van der Waals surface area contributed by atoms with Gasteiger partial charge in [0.15, 0.2) is 0 Å². The number of unbranched alkanes of at least 4 members (excludes halogenated alkanes) is 14. The Morgan fingerprint density at radius 1 is 0.524 bits per heavy atom. The molecule has 1 nitrogen and oxygen atoms in total. The molecule has 1 heteroatoms. The molecule has 1 radical (unpaired) electrons. The second kappa shape index (κ2) is 20.0. The van der Waals surface area contributed by atoms with Gasteiger partial charge < -0.3 is 4.74 Å². The largest absolute Gasteiger partial charge is 0.376 e. The lowest BCUT2D eigenvalue weighted by molar-refractivity contribution is 0.183. The first-order valence-corrected chi connectivity index (χ1v) is 9.85. The maximum Gasteiger partial charge on any atom is 0.0836 e. The fourth-order valence-electron chi connectivity index (χ4n) is 2.67. The van der Waals surface area contributed by atoms with Gasteiger partial charge >= 0.3 is 0 Å². The number of ether oxygens (including phenoxy) is 1. The van der Waals surface area contributed by atoms with Gasteiger partial charge in [-0.05, 0) is 12.8 Å². The Labute approximate surface area is 135 Å². The van der Waals surface area contributed by atoms with E-state index in [-0.39, 0.29) is 0 Å². The molecule has 21 heavy (non-hydrogen) atoms. The van der Waals surface area contributed by atoms with E-state index in [0.717, 1.165) is 13.0 Å². The van der Waals surface area contributed by atoms with Crippen LogP contribution in [0.4, 0.5) is 0 Å². The SMILES string of the molecule is CCCCCCCCCCCC[CH]OCCCCCCC. The van der Waals surface area contributed by atoms with Crippen molar-refractivity contribution in [3.8, 4) is 0 Å². The third-order valence-corrected chi connectivity index (χ3v) is 4.16. The van der Waals surface area contributed by atoms with Crippen LogP contribution in [-0.4, -0.2) is 6.61 Å². The van der Waals surface area contributed by atoms with E-state index in [1.165, 1.54) is 96.3 Å². The van der Waals surface area contributed by atoms with Crippen molar-refractivity contribution in [1.29, 1.82) is 0 Å². The van der Waals surface area contributed by atoms with Crippen LogP contribution in [0.25, 0.3) is 0 Å². The summed E-state index contributed by atoms with van der Waals surface area (Å²) >= 11 is 0. The van der Waals surface area contributed by atoms with Crippen LogP contribution >= 0.6 is 0 Å². The third kappa shape index (κ3) is 20.0. The summed E-state index contributed by atoms with van der Waals surface area (Å²) in [6.07, 6.45) is 21.9. The minimum Gasteiger partial charge on any atom is -0.376 e. The van der Waals surface area contributed by atoms with E-state index in [1.54, 1.807) is 0 Å². The Morgan fingerprint density at radius 3 is 1.48 bits per heavy atom. The summed E-state index contributed by atoms with van der Waals surface area (Å²) in [5.41, 5.74) is 0. The molecule has 0 amide bonds. The van der Waals surface area contributed by atoms with Gasteiger partial charge in [-0.3, -0.25) is 0 Å². The third-order valence-electron chi connectivity index (χ3n) is 4.16. The van der Waals surface area contributed by atoms with Crippen molar-refractivity contribution in [2.24, 2.45) is 0 Å². The molecule has 0 aromatic rings. The monoisotopic (exact) mass is 297 g/mol. The van der Waals surface area contributed by atoms with Crippen LogP contribution in [0.1, 0.15) is 117 Å². The minimum atomic E-state index is 0.932. The smallest absolute Gasteiger partial charge is 0.0836 e. The van der Waals surface area contributed by atoms with Gasteiger partial charge in [-0.1, -0.05) is 104 Å². The topological polar surface area (TPSA) is 9.23 Å². The summed E-state index contributed by atoms with van der Waals surface area (Å²) in [5.74, 6) is 0. The average molecular weight is 298 g/mol. The van der Waals surface area contributed by atoms with Gasteiger partial charge in [-0.2, -0.15) is 0 Å². The summed E-state index contributed by atoms with van der Waals surface area (Å²) < 4.78 is 5.57. The molecule has 0 heterocycles. The van der Waals surface area contributed by atoms with Crippen molar-refractivity contribution < 1.29 is 4.74 Å². The average Bonchev–Trinajstić information content (AvgIpc) is 2.50. The zero-order chi connectivity index (χ0) is 15.4. The van der Waals surface area contributed by atoms with Crippen LogP contribution < -0.4 is 0 Å². The summed E-state index contributed by atoms with van der Waals surface area (Å²) in [6.45, 7) is 7.52. The number of rotatable bonds is 18. The zero-order valence-corrected chi connectivity index (χ0v) is 15.0. The maximum absolute atomic E-state index is 5.57. The highest BCUT2D eigenvalue weighted by atomic mass is 16.5. The zero-order valence-electron chi connectivity index (χ0n) is 15.0. The molecule has 0 aliphatic carbocycles. The van der Waals surface area contributed by atoms with Gasteiger partial charge in [0, 0.05) is 6.61 Å². The highest BCUT2D eigenvalue weighted by molar-refractivity contribution is 4.53. The van der Waals surface area contributed by atoms with Crippen LogP contribution in [0.15, 0.2) is 0 Å². The first kappa shape index (κ1) is 21.0. The molecule has 0 aliphatic rings. The Morgan fingerprint density at radius 2 is 0.952 bits per heavy atom. The minimum absolute atomic E-state index is 0.932. The van der Waals surface area contributed by atoms with E-state index in [4.69, 9.17) is 4.74 Å². The lowest BCUT2D eigenvalue weighted by Crippen LogP contribution is -1.92. The fraction of sp³-hybridized carbons (Fsp3) is 0.950. The van der Waals surface area contributed by atoms with E-state index in [2.05, 4.69) is 13.8 Å². The highest BCUT2D eigenvalue weighted by Gasteiger charge is 1.94. The molecular formula is C20H41O. The molecule has 0 aromatic heterocycles. The standard InChI is InChI=1S/C20H41O/c1-3-5-7-9-10-11-12-13-14-16-18-20-21-19-17-15-8-6-4-2/h20H,3-19H2,1-2H3. The molecule has 0 bridgehead atoms. The van der Waals surface area contributed by atoms with Crippen molar-refractivity contribution in [2.75, 3.05) is 6.61 Å². The molecule has 0 spiro atoms. The number of hydrogen-bond acceptors (Lipinski definition) is 1. The first-order chi connectivity index (χ1) is 10.4. The molecule has 0 unspecified atom stereocenters. The van der Waals surface area contributed by atoms with Crippen LogP contribution in [0.5, 0.6) is 0 Å². The molecule has 0 aliphatic heterocycles. The van der Waals surface area contributed by atoms with E-state index in [9.17, 15) is 0 Å². The lowest BCUT2D eigenvalue weighted by Gasteiger charge is -2.04. The Kier molecular flexibility index (Phi) is 19.9. The van der Waals surface area contributed by atoms with E-state index < -0.39 is 0 Å². The highest BCUT2D eigenvalue weighted by Crippen LogP contribution is 2.12. The van der Waals surface area contributed by atoms with Crippen LogP contribution in [0.3, 0.4) is 0 Å². The van der Waals surface area contributed by atoms with Gasteiger partial charge in [-0.25, -0.2) is 0 Å². The van der Waals surface area contributed by atoms with Crippen LogP contribution in [0, 0.1) is 6.61 Å². The second-order valence-corrected chi connectivity index (χ2v) is 6.42. The molecular weight excluding hydrogens is 256 g/mol. The maximum atomic E-state index is 5.57. The quantitative estimate of drug-likeness (QED) is 0.239. The van der Waals surface area contributed by atoms with Crippen molar-refractivity contribution in [3.63, 3.8) is 0 Å². The van der Waals surface area contributed by atoms with Crippen LogP contribution in [0.2, 0.25) is 0 Å². The van der Waals surface area contributed by atoms with Crippen molar-refractivity contribution in [3.05, 3.63) is 6.61 Å².